The van der Waals surface area contributed by atoms with E-state index in [2.05, 4.69) is 15.0 Å². The number of benzene rings is 1. The van der Waals surface area contributed by atoms with Crippen LogP contribution in [0, 0.1) is 0 Å². The summed E-state index contributed by atoms with van der Waals surface area (Å²) >= 11 is 0. The van der Waals surface area contributed by atoms with Crippen molar-refractivity contribution < 1.29 is 19.1 Å². The summed E-state index contributed by atoms with van der Waals surface area (Å²) in [6, 6.07) is 7.52. The molecule has 2 aliphatic heterocycles. The van der Waals surface area contributed by atoms with Crippen LogP contribution in [0.1, 0.15) is 32.2 Å². The molecule has 2 saturated heterocycles. The molecule has 11 heteroatoms. The number of hydrogen-bond donors (Lipinski definition) is 1. The van der Waals surface area contributed by atoms with E-state index in [0.717, 1.165) is 61.4 Å². The van der Waals surface area contributed by atoms with Gasteiger partial charge in [0.15, 0.2) is 11.5 Å². The maximum absolute atomic E-state index is 12.1. The van der Waals surface area contributed by atoms with Crippen LogP contribution in [0.2, 0.25) is 0 Å². The molecule has 1 aromatic carbocycles. The summed E-state index contributed by atoms with van der Waals surface area (Å²) in [7, 11) is 1.33. The predicted molar refractivity (Wildman–Crippen MR) is 135 cm³/mol. The summed E-state index contributed by atoms with van der Waals surface area (Å²) < 4.78 is 12.2. The van der Waals surface area contributed by atoms with Gasteiger partial charge in [-0.15, -0.1) is 0 Å². The van der Waals surface area contributed by atoms with Crippen LogP contribution in [-0.2, 0) is 14.3 Å². The van der Waals surface area contributed by atoms with Crippen LogP contribution in [0.25, 0.3) is 22.4 Å². The maximum Gasteiger partial charge on any atom is 0.411 e. The Morgan fingerprint density at radius 1 is 1.08 bits per heavy atom. The number of anilines is 2. The van der Waals surface area contributed by atoms with Crippen molar-refractivity contribution in [2.24, 2.45) is 0 Å². The number of morpholine rings is 1. The van der Waals surface area contributed by atoms with Gasteiger partial charge in [0.2, 0.25) is 5.91 Å². The Morgan fingerprint density at radius 2 is 1.81 bits per heavy atom. The molecule has 2 amide bonds. The maximum atomic E-state index is 12.1. The van der Waals surface area contributed by atoms with E-state index in [1.807, 2.05) is 34.8 Å². The van der Waals surface area contributed by atoms with Crippen molar-refractivity contribution in [3.8, 4) is 11.4 Å². The molecule has 2 fully saturated rings. The zero-order valence-corrected chi connectivity index (χ0v) is 20.6. The molecule has 0 saturated carbocycles. The number of carbonyl (C=O) groups is 2. The number of likely N-dealkylation sites (tertiary alicyclic amines) is 1. The van der Waals surface area contributed by atoms with Gasteiger partial charge in [-0.25, -0.2) is 19.4 Å². The van der Waals surface area contributed by atoms with E-state index < -0.39 is 6.09 Å². The van der Waals surface area contributed by atoms with Gasteiger partial charge in [-0.05, 0) is 37.1 Å². The van der Waals surface area contributed by atoms with Crippen LogP contribution in [-0.4, -0.2) is 83.2 Å². The molecule has 11 nitrogen and oxygen atoms in total. The van der Waals surface area contributed by atoms with Crippen molar-refractivity contribution in [1.29, 1.82) is 0 Å². The highest BCUT2D eigenvalue weighted by atomic mass is 16.5. The molecular weight excluding hydrogens is 462 g/mol. The number of fused-ring (bicyclic) bond motifs is 1. The third-order valence-electron chi connectivity index (χ3n) is 6.78. The number of nitrogens with zero attached hydrogens (tertiary/aromatic N) is 6. The second kappa shape index (κ2) is 10.5. The molecule has 0 atom stereocenters. The van der Waals surface area contributed by atoms with Crippen molar-refractivity contribution >= 4 is 34.5 Å². The fourth-order valence-electron chi connectivity index (χ4n) is 4.78. The first kappa shape index (κ1) is 24.0. The Hall–Kier alpha value is -3.73. The van der Waals surface area contributed by atoms with Crippen LogP contribution in [0.4, 0.5) is 16.3 Å². The SMILES string of the molecule is CCC(=O)N1CCC(n2ncc3c(N4CCOCC4)nc(-c4ccc(NC(=O)OC)cc4)nc32)CC1. The minimum absolute atomic E-state index is 0.162. The molecule has 0 spiro atoms. The molecule has 2 aliphatic rings. The third-order valence-corrected chi connectivity index (χ3v) is 6.78. The van der Waals surface area contributed by atoms with E-state index in [1.165, 1.54) is 7.11 Å². The Kier molecular flexibility index (Phi) is 6.99. The van der Waals surface area contributed by atoms with Crippen LogP contribution in [0.3, 0.4) is 0 Å². The Balaban J connectivity index is 1.50. The van der Waals surface area contributed by atoms with Gasteiger partial charge in [0.1, 0.15) is 5.82 Å². The fourth-order valence-corrected chi connectivity index (χ4v) is 4.78. The quantitative estimate of drug-likeness (QED) is 0.577. The topological polar surface area (TPSA) is 115 Å². The second-order valence-corrected chi connectivity index (χ2v) is 8.96. The lowest BCUT2D eigenvalue weighted by Crippen LogP contribution is -2.39. The van der Waals surface area contributed by atoms with Gasteiger partial charge in [0.05, 0.1) is 37.9 Å². The van der Waals surface area contributed by atoms with Crippen LogP contribution in [0.5, 0.6) is 0 Å². The summed E-state index contributed by atoms with van der Waals surface area (Å²) in [5.41, 5.74) is 2.25. The monoisotopic (exact) mass is 493 g/mol. The lowest BCUT2D eigenvalue weighted by atomic mass is 10.0. The van der Waals surface area contributed by atoms with Crippen molar-refractivity contribution in [3.05, 3.63) is 30.5 Å². The highest BCUT2D eigenvalue weighted by Crippen LogP contribution is 2.32. The predicted octanol–water partition coefficient (Wildman–Crippen LogP) is 3.08. The van der Waals surface area contributed by atoms with Crippen molar-refractivity contribution in [3.63, 3.8) is 0 Å². The number of nitrogens with one attached hydrogen (secondary N) is 1. The summed E-state index contributed by atoms with van der Waals surface area (Å²) in [6.45, 7) is 6.13. The minimum atomic E-state index is -0.523. The molecule has 4 heterocycles. The van der Waals surface area contributed by atoms with E-state index in [1.54, 1.807) is 12.1 Å². The second-order valence-electron chi connectivity index (χ2n) is 8.96. The summed E-state index contributed by atoms with van der Waals surface area (Å²) in [6.07, 6.45) is 3.54. The van der Waals surface area contributed by atoms with Crippen molar-refractivity contribution in [1.82, 2.24) is 24.6 Å². The van der Waals surface area contributed by atoms with E-state index >= 15 is 0 Å². The Labute approximate surface area is 209 Å². The molecule has 5 rings (SSSR count). The summed E-state index contributed by atoms with van der Waals surface area (Å²) in [4.78, 5) is 37.7. The first-order valence-electron chi connectivity index (χ1n) is 12.4. The zero-order chi connectivity index (χ0) is 25.1. The zero-order valence-electron chi connectivity index (χ0n) is 20.6. The molecule has 2 aromatic heterocycles. The van der Waals surface area contributed by atoms with Crippen LogP contribution in [0.15, 0.2) is 30.5 Å². The molecule has 190 valence electrons. The van der Waals surface area contributed by atoms with Gasteiger partial charge in [0, 0.05) is 43.9 Å². The summed E-state index contributed by atoms with van der Waals surface area (Å²) in [5.74, 6) is 1.64. The smallest absolute Gasteiger partial charge is 0.411 e. The van der Waals surface area contributed by atoms with Crippen LogP contribution < -0.4 is 10.2 Å². The fraction of sp³-hybridized carbons (Fsp3) is 0.480. The Bertz CT molecular complexity index is 1230. The van der Waals surface area contributed by atoms with Gasteiger partial charge >= 0.3 is 6.09 Å². The Morgan fingerprint density at radius 3 is 2.47 bits per heavy atom. The first-order valence-corrected chi connectivity index (χ1v) is 12.4. The van der Waals surface area contributed by atoms with Crippen LogP contribution >= 0.6 is 0 Å². The van der Waals surface area contributed by atoms with Crippen molar-refractivity contribution in [2.75, 3.05) is 56.7 Å². The standard InChI is InChI=1S/C25H31N7O4/c1-3-21(33)30-10-8-19(9-11-30)32-24-20(16-26-32)23(31-12-14-36-15-13-31)28-22(29-24)17-4-6-18(7-5-17)27-25(34)35-2/h4-7,16,19H,3,8-15H2,1-2H3,(H,27,34). The lowest BCUT2D eigenvalue weighted by molar-refractivity contribution is -0.132. The molecule has 0 aliphatic carbocycles. The molecule has 1 N–H and O–H groups in total. The molecule has 0 radical (unpaired) electrons. The average Bonchev–Trinajstić information content (AvgIpc) is 3.37. The normalized spacial score (nSPS) is 16.8. The number of amides is 2. The average molecular weight is 494 g/mol. The molecular formula is C25H31N7O4. The number of hydrogen-bond acceptors (Lipinski definition) is 8. The highest BCUT2D eigenvalue weighted by Gasteiger charge is 2.27. The molecule has 0 bridgehead atoms. The number of aromatic nitrogens is 4. The lowest BCUT2D eigenvalue weighted by Gasteiger charge is -2.32. The number of methoxy groups -OCH3 is 1. The number of carbonyl (C=O) groups excluding carboxylic acids is 2. The summed E-state index contributed by atoms with van der Waals surface area (Å²) in [5, 5.41) is 8.32. The van der Waals surface area contributed by atoms with Gasteiger partial charge in [-0.2, -0.15) is 5.10 Å². The molecule has 36 heavy (non-hydrogen) atoms. The minimum Gasteiger partial charge on any atom is -0.453 e. The van der Waals surface area contributed by atoms with Gasteiger partial charge in [-0.3, -0.25) is 10.1 Å². The van der Waals surface area contributed by atoms with Gasteiger partial charge < -0.3 is 19.3 Å². The van der Waals surface area contributed by atoms with Gasteiger partial charge in [-0.1, -0.05) is 6.92 Å². The molecule has 0 unspecified atom stereocenters. The number of piperidine rings is 1. The largest absolute Gasteiger partial charge is 0.453 e. The highest BCUT2D eigenvalue weighted by molar-refractivity contribution is 5.89. The van der Waals surface area contributed by atoms with E-state index in [0.29, 0.717) is 31.1 Å². The number of rotatable bonds is 5. The van der Waals surface area contributed by atoms with Gasteiger partial charge in [0.25, 0.3) is 0 Å². The van der Waals surface area contributed by atoms with Crippen molar-refractivity contribution in [2.45, 2.75) is 32.2 Å². The first-order chi connectivity index (χ1) is 17.6. The third kappa shape index (κ3) is 4.83. The van der Waals surface area contributed by atoms with E-state index in [-0.39, 0.29) is 11.9 Å². The van der Waals surface area contributed by atoms with E-state index in [4.69, 9.17) is 19.8 Å². The number of ether oxygens (including phenoxy) is 2. The molecule has 3 aromatic rings. The van der Waals surface area contributed by atoms with E-state index in [9.17, 15) is 9.59 Å².